The predicted molar refractivity (Wildman–Crippen MR) is 149 cm³/mol. The summed E-state index contributed by atoms with van der Waals surface area (Å²) in [5.74, 6) is 5.00. The summed E-state index contributed by atoms with van der Waals surface area (Å²) in [5, 5.41) is 3.01. The van der Waals surface area contributed by atoms with E-state index in [1.807, 2.05) is 30.3 Å². The van der Waals surface area contributed by atoms with Gasteiger partial charge in [0.25, 0.3) is 5.91 Å². The molecule has 1 amide bonds. The van der Waals surface area contributed by atoms with Crippen molar-refractivity contribution in [1.82, 2.24) is 5.32 Å². The molecule has 1 heterocycles. The minimum atomic E-state index is -4.44. The Kier molecular flexibility index (Phi) is 8.55. The number of fused-ring (bicyclic) bond motifs is 1. The average molecular weight is 570 g/mol. The van der Waals surface area contributed by atoms with Gasteiger partial charge in [-0.25, -0.2) is 0 Å². The summed E-state index contributed by atoms with van der Waals surface area (Å²) in [5.41, 5.74) is -0.885. The molecule has 1 unspecified atom stereocenters. The number of nitrogens with one attached hydrogen (secondary N) is 1. The molecule has 0 bridgehead atoms. The first-order valence-corrected chi connectivity index (χ1v) is 13.6. The second-order valence-corrected chi connectivity index (χ2v) is 11.4. The van der Waals surface area contributed by atoms with E-state index in [2.05, 4.69) is 30.8 Å². The standard InChI is InChI=1S/C32H35F3N2O4/c1-5-18-37(3)19-17-30(26-7-6-8-28(20-26)40-4)21-27(15-16-31(30,22-37)41-23(2)38)36-29(39)14-11-24-9-12-25(13-10-24)32(33,34)35/h5-10,12-13,20,27H,1,15-19,21-22H2,2-4H3/p+1/t27-,30+,31?,37+/m1/s1. The van der Waals surface area contributed by atoms with Crippen LogP contribution in [0, 0.1) is 11.8 Å². The van der Waals surface area contributed by atoms with Gasteiger partial charge in [-0.2, -0.15) is 13.2 Å². The van der Waals surface area contributed by atoms with Crippen LogP contribution in [0.25, 0.3) is 0 Å². The van der Waals surface area contributed by atoms with Crippen LogP contribution in [0.15, 0.2) is 61.2 Å². The fourth-order valence-corrected chi connectivity index (χ4v) is 6.66. The summed E-state index contributed by atoms with van der Waals surface area (Å²) >= 11 is 0. The van der Waals surface area contributed by atoms with E-state index in [1.165, 1.54) is 19.1 Å². The molecular weight excluding hydrogens is 533 g/mol. The Morgan fingerprint density at radius 3 is 2.56 bits per heavy atom. The monoisotopic (exact) mass is 569 g/mol. The molecule has 1 aliphatic carbocycles. The van der Waals surface area contributed by atoms with Crippen molar-refractivity contribution >= 4 is 11.9 Å². The Balaban J connectivity index is 1.64. The highest BCUT2D eigenvalue weighted by Crippen LogP contribution is 2.55. The van der Waals surface area contributed by atoms with E-state index in [4.69, 9.17) is 9.47 Å². The Bertz CT molecular complexity index is 1360. The number of rotatable bonds is 6. The van der Waals surface area contributed by atoms with Gasteiger partial charge in [-0.05, 0) is 67.3 Å². The number of likely N-dealkylation sites (tertiary alicyclic amines) is 1. The third-order valence-electron chi connectivity index (χ3n) is 8.48. The van der Waals surface area contributed by atoms with E-state index < -0.39 is 28.7 Å². The van der Waals surface area contributed by atoms with Crippen molar-refractivity contribution in [3.63, 3.8) is 0 Å². The van der Waals surface area contributed by atoms with Gasteiger partial charge in [0.05, 0.1) is 32.8 Å². The van der Waals surface area contributed by atoms with Gasteiger partial charge < -0.3 is 19.3 Å². The number of halogens is 3. The van der Waals surface area contributed by atoms with Gasteiger partial charge in [-0.1, -0.05) is 24.6 Å². The summed E-state index contributed by atoms with van der Waals surface area (Å²) < 4.78 is 51.0. The van der Waals surface area contributed by atoms with Gasteiger partial charge >= 0.3 is 12.1 Å². The zero-order chi connectivity index (χ0) is 29.9. The van der Waals surface area contributed by atoms with Crippen molar-refractivity contribution in [2.75, 3.05) is 33.8 Å². The van der Waals surface area contributed by atoms with Gasteiger partial charge in [0.2, 0.25) is 0 Å². The number of esters is 1. The van der Waals surface area contributed by atoms with Crippen LogP contribution in [-0.4, -0.2) is 61.8 Å². The van der Waals surface area contributed by atoms with Crippen molar-refractivity contribution < 1.29 is 36.7 Å². The predicted octanol–water partition coefficient (Wildman–Crippen LogP) is 5.01. The number of quaternary nitrogens is 1. The van der Waals surface area contributed by atoms with Crippen molar-refractivity contribution in [3.8, 4) is 17.6 Å². The van der Waals surface area contributed by atoms with E-state index >= 15 is 0 Å². The molecule has 0 spiro atoms. The molecule has 41 heavy (non-hydrogen) atoms. The maximum Gasteiger partial charge on any atom is 0.416 e. The van der Waals surface area contributed by atoms with E-state index in [0.717, 1.165) is 30.8 Å². The summed E-state index contributed by atoms with van der Waals surface area (Å²) in [6.07, 6.45) is -0.212. The van der Waals surface area contributed by atoms with Crippen molar-refractivity contribution in [1.29, 1.82) is 0 Å². The number of amides is 1. The second kappa shape index (κ2) is 11.6. The molecule has 1 aliphatic heterocycles. The SMILES string of the molecule is C=CC[N@@+]1(C)CC[C@@]2(c3cccc(OC)c3)C[C@H](NC(=O)C#Cc3ccc(C(F)(F)F)cc3)CCC2(OC(C)=O)C1. The first kappa shape index (κ1) is 30.2. The molecule has 2 aliphatic rings. The smallest absolute Gasteiger partial charge is 0.416 e. The molecule has 218 valence electrons. The molecule has 2 aromatic carbocycles. The summed E-state index contributed by atoms with van der Waals surface area (Å²) in [6.45, 7) is 7.52. The first-order valence-electron chi connectivity index (χ1n) is 13.6. The quantitative estimate of drug-likeness (QED) is 0.230. The molecule has 6 nitrogen and oxygen atoms in total. The molecule has 0 aromatic heterocycles. The molecule has 1 N–H and O–H groups in total. The number of ether oxygens (including phenoxy) is 2. The number of benzene rings is 2. The van der Waals surface area contributed by atoms with Gasteiger partial charge in [-0.15, -0.1) is 0 Å². The number of likely N-dealkylation sites (N-methyl/N-ethyl adjacent to an activating group) is 1. The number of hydrogen-bond acceptors (Lipinski definition) is 4. The van der Waals surface area contributed by atoms with E-state index in [1.54, 1.807) is 7.11 Å². The maximum atomic E-state index is 12.9. The highest BCUT2D eigenvalue weighted by atomic mass is 19.4. The highest BCUT2D eigenvalue weighted by molar-refractivity contribution is 5.94. The minimum absolute atomic E-state index is 0.254. The molecule has 1 saturated heterocycles. The number of nitrogens with zero attached hydrogens (tertiary/aromatic N) is 1. The van der Waals surface area contributed by atoms with Crippen LogP contribution in [0.3, 0.4) is 0 Å². The lowest BCUT2D eigenvalue weighted by Gasteiger charge is -2.60. The van der Waals surface area contributed by atoms with Crippen LogP contribution in [0.2, 0.25) is 0 Å². The fourth-order valence-electron chi connectivity index (χ4n) is 6.66. The largest absolute Gasteiger partial charge is 0.497 e. The van der Waals surface area contributed by atoms with Gasteiger partial charge in [0.15, 0.2) is 5.60 Å². The van der Waals surface area contributed by atoms with Crippen LogP contribution >= 0.6 is 0 Å². The fraction of sp³-hybridized carbons (Fsp3) is 0.438. The lowest BCUT2D eigenvalue weighted by Crippen LogP contribution is -2.72. The first-order chi connectivity index (χ1) is 19.3. The Morgan fingerprint density at radius 1 is 1.20 bits per heavy atom. The third kappa shape index (κ3) is 6.43. The molecule has 2 aromatic rings. The number of hydrogen-bond donors (Lipinski definition) is 1. The van der Waals surface area contributed by atoms with Crippen LogP contribution in [-0.2, 0) is 25.9 Å². The molecule has 0 radical (unpaired) electrons. The average Bonchev–Trinajstić information content (AvgIpc) is 2.91. The normalized spacial score (nSPS) is 27.4. The molecule has 2 fully saturated rings. The molecule has 9 heteroatoms. The number of carbonyl (C=O) groups excluding carboxylic acids is 2. The van der Waals surface area contributed by atoms with Crippen molar-refractivity contribution in [3.05, 3.63) is 77.9 Å². The summed E-state index contributed by atoms with van der Waals surface area (Å²) in [6, 6.07) is 11.9. The van der Waals surface area contributed by atoms with Gasteiger partial charge in [0.1, 0.15) is 12.3 Å². The lowest BCUT2D eigenvalue weighted by molar-refractivity contribution is -0.917. The molecule has 4 rings (SSSR count). The number of methoxy groups -OCH3 is 1. The van der Waals surface area contributed by atoms with E-state index in [9.17, 15) is 22.8 Å². The molecule has 1 saturated carbocycles. The Hall–Kier alpha value is -3.77. The summed E-state index contributed by atoms with van der Waals surface area (Å²) in [7, 11) is 3.75. The minimum Gasteiger partial charge on any atom is -0.497 e. The van der Waals surface area contributed by atoms with E-state index in [-0.39, 0.29) is 12.0 Å². The summed E-state index contributed by atoms with van der Waals surface area (Å²) in [4.78, 5) is 25.4. The number of piperidine rings is 1. The van der Waals surface area contributed by atoms with E-state index in [0.29, 0.717) is 48.0 Å². The van der Waals surface area contributed by atoms with Crippen LogP contribution < -0.4 is 10.1 Å². The lowest BCUT2D eigenvalue weighted by atomic mass is 9.54. The third-order valence-corrected chi connectivity index (χ3v) is 8.48. The van der Waals surface area contributed by atoms with Crippen LogP contribution in [0.5, 0.6) is 5.75 Å². The van der Waals surface area contributed by atoms with Gasteiger partial charge in [0, 0.05) is 36.3 Å². The van der Waals surface area contributed by atoms with Crippen molar-refractivity contribution in [2.45, 2.75) is 55.8 Å². The molecule has 4 atom stereocenters. The Morgan fingerprint density at radius 2 is 1.93 bits per heavy atom. The number of alkyl halides is 3. The van der Waals surface area contributed by atoms with Crippen LogP contribution in [0.1, 0.15) is 49.3 Å². The zero-order valence-electron chi connectivity index (χ0n) is 23.6. The second-order valence-electron chi connectivity index (χ2n) is 11.4. The molecular formula is C32H36F3N2O4+. The van der Waals surface area contributed by atoms with Crippen molar-refractivity contribution in [2.24, 2.45) is 0 Å². The van der Waals surface area contributed by atoms with Crippen LogP contribution in [0.4, 0.5) is 13.2 Å². The number of carbonyl (C=O) groups is 2. The maximum absolute atomic E-state index is 12.9. The Labute approximate surface area is 239 Å². The topological polar surface area (TPSA) is 64.6 Å². The zero-order valence-corrected chi connectivity index (χ0v) is 23.6. The highest BCUT2D eigenvalue weighted by Gasteiger charge is 2.64. The van der Waals surface area contributed by atoms with Gasteiger partial charge in [-0.3, -0.25) is 9.59 Å².